The van der Waals surface area contributed by atoms with Crippen LogP contribution in [0.5, 0.6) is 11.5 Å². The summed E-state index contributed by atoms with van der Waals surface area (Å²) < 4.78 is 13.5. The Kier molecular flexibility index (Phi) is 11.8. The Bertz CT molecular complexity index is 1300. The summed E-state index contributed by atoms with van der Waals surface area (Å²) in [7, 11) is 0. The van der Waals surface area contributed by atoms with Crippen LogP contribution in [0.1, 0.15) is 48.7 Å². The van der Waals surface area contributed by atoms with Gasteiger partial charge < -0.3 is 14.8 Å². The van der Waals surface area contributed by atoms with Crippen molar-refractivity contribution in [2.45, 2.75) is 39.8 Å². The smallest absolute Gasteiger partial charge is 0.262 e. The van der Waals surface area contributed by atoms with E-state index in [1.165, 1.54) is 6.21 Å². The maximum Gasteiger partial charge on any atom is 0.262 e. The number of halogens is 3. The normalized spacial score (nSPS) is 11.9. The van der Waals surface area contributed by atoms with Crippen LogP contribution < -0.4 is 20.2 Å². The number of carbonyl (C=O) groups excluding carboxylic acids is 2. The Balaban J connectivity index is 1.68. The lowest BCUT2D eigenvalue weighted by Gasteiger charge is -2.19. The van der Waals surface area contributed by atoms with Gasteiger partial charge in [0.2, 0.25) is 0 Å². The summed E-state index contributed by atoms with van der Waals surface area (Å²) in [6.07, 6.45) is 1.96. The minimum atomic E-state index is -0.759. The van der Waals surface area contributed by atoms with Crippen molar-refractivity contribution < 1.29 is 19.1 Å². The topological polar surface area (TPSA) is 89.0 Å². The molecule has 0 saturated heterocycles. The molecule has 2 amide bonds. The van der Waals surface area contributed by atoms with Gasteiger partial charge in [-0.05, 0) is 94.9 Å². The lowest BCUT2D eigenvalue weighted by Crippen LogP contribution is -2.46. The minimum absolute atomic E-state index is 0.171. The van der Waals surface area contributed by atoms with Crippen LogP contribution in [0.15, 0.2) is 74.7 Å². The van der Waals surface area contributed by atoms with Crippen LogP contribution in [0.4, 0.5) is 0 Å². The third-order valence-corrected chi connectivity index (χ3v) is 6.82. The molecule has 0 fully saturated rings. The minimum Gasteiger partial charge on any atom is -0.490 e. The van der Waals surface area contributed by atoms with Crippen molar-refractivity contribution in [3.63, 3.8) is 0 Å². The highest BCUT2D eigenvalue weighted by Gasteiger charge is 2.22. The fourth-order valence-electron chi connectivity index (χ4n) is 3.60. The molecule has 206 valence electrons. The zero-order valence-corrected chi connectivity index (χ0v) is 25.8. The number of rotatable bonds is 12. The van der Waals surface area contributed by atoms with Crippen molar-refractivity contribution in [1.29, 1.82) is 0 Å². The van der Waals surface area contributed by atoms with E-state index < -0.39 is 11.9 Å². The van der Waals surface area contributed by atoms with Gasteiger partial charge in [-0.15, -0.1) is 0 Å². The molecular formula is C29H30Br2ClN3O4. The van der Waals surface area contributed by atoms with E-state index in [4.69, 9.17) is 21.1 Å². The predicted molar refractivity (Wildman–Crippen MR) is 162 cm³/mol. The third-order valence-electron chi connectivity index (χ3n) is 5.45. The van der Waals surface area contributed by atoms with E-state index >= 15 is 0 Å². The van der Waals surface area contributed by atoms with Crippen molar-refractivity contribution in [2.75, 3.05) is 6.61 Å². The molecule has 0 heterocycles. The Morgan fingerprint density at radius 2 is 1.72 bits per heavy atom. The van der Waals surface area contributed by atoms with Gasteiger partial charge in [0.1, 0.15) is 12.6 Å². The van der Waals surface area contributed by atoms with Crippen LogP contribution in [-0.4, -0.2) is 30.7 Å². The van der Waals surface area contributed by atoms with E-state index in [1.807, 2.05) is 51.1 Å². The van der Waals surface area contributed by atoms with E-state index in [-0.39, 0.29) is 11.8 Å². The molecule has 0 saturated carbocycles. The molecule has 3 aromatic carbocycles. The predicted octanol–water partition coefficient (Wildman–Crippen LogP) is 7.14. The molecule has 0 aliphatic heterocycles. The number of ether oxygens (including phenoxy) is 2. The summed E-state index contributed by atoms with van der Waals surface area (Å²) in [5.74, 6) is 0.513. The van der Waals surface area contributed by atoms with E-state index in [2.05, 4.69) is 47.7 Å². The SMILES string of the molecule is CCOc1cc(/C=N/NC(=O)C(CC(C)C)NC(=O)c2ccc(Cl)cc2)cc(Br)c1OCc1ccc(Br)cc1. The lowest BCUT2D eigenvalue weighted by molar-refractivity contribution is -0.123. The number of hydrogen-bond acceptors (Lipinski definition) is 5. The number of hydrogen-bond donors (Lipinski definition) is 2. The lowest BCUT2D eigenvalue weighted by atomic mass is 10.0. The zero-order valence-electron chi connectivity index (χ0n) is 21.8. The number of carbonyl (C=O) groups is 2. The molecule has 0 spiro atoms. The molecule has 39 heavy (non-hydrogen) atoms. The zero-order chi connectivity index (χ0) is 28.4. The summed E-state index contributed by atoms with van der Waals surface area (Å²) in [5, 5.41) is 7.44. The number of nitrogens with zero attached hydrogens (tertiary/aromatic N) is 1. The van der Waals surface area contributed by atoms with Crippen molar-refractivity contribution in [3.8, 4) is 11.5 Å². The van der Waals surface area contributed by atoms with Gasteiger partial charge in [-0.2, -0.15) is 5.10 Å². The second-order valence-corrected chi connectivity index (χ2v) is 11.3. The van der Waals surface area contributed by atoms with E-state index in [0.29, 0.717) is 51.8 Å². The van der Waals surface area contributed by atoms with Gasteiger partial charge in [0.25, 0.3) is 11.8 Å². The Hall–Kier alpha value is -2.88. The average molecular weight is 680 g/mol. The first-order valence-electron chi connectivity index (χ1n) is 12.4. The molecule has 2 N–H and O–H groups in total. The Morgan fingerprint density at radius 3 is 2.36 bits per heavy atom. The fraction of sp³-hybridized carbons (Fsp3) is 0.276. The van der Waals surface area contributed by atoms with E-state index in [0.717, 1.165) is 10.0 Å². The molecule has 10 heteroatoms. The third kappa shape index (κ3) is 9.67. The number of nitrogens with one attached hydrogen (secondary N) is 2. The summed E-state index contributed by atoms with van der Waals surface area (Å²) in [4.78, 5) is 25.6. The first-order chi connectivity index (χ1) is 18.7. The molecule has 3 rings (SSSR count). The van der Waals surface area contributed by atoms with Crippen molar-refractivity contribution in [2.24, 2.45) is 11.0 Å². The van der Waals surface area contributed by atoms with Crippen molar-refractivity contribution in [1.82, 2.24) is 10.7 Å². The number of benzene rings is 3. The van der Waals surface area contributed by atoms with Gasteiger partial charge in [0.05, 0.1) is 17.3 Å². The second-order valence-electron chi connectivity index (χ2n) is 9.07. The van der Waals surface area contributed by atoms with Crippen molar-refractivity contribution in [3.05, 3.63) is 91.3 Å². The van der Waals surface area contributed by atoms with E-state index in [1.54, 1.807) is 30.3 Å². The Morgan fingerprint density at radius 1 is 1.03 bits per heavy atom. The molecule has 0 aliphatic rings. The summed E-state index contributed by atoms with van der Waals surface area (Å²) in [5.41, 5.74) is 4.66. The van der Waals surface area contributed by atoms with Crippen LogP contribution in [-0.2, 0) is 11.4 Å². The standard InChI is InChI=1S/C29H30Br2ClN3O4/c1-4-38-26-15-20(14-24(31)27(26)39-17-19-5-9-22(30)10-6-19)16-33-35-29(37)25(13-18(2)3)34-28(36)21-7-11-23(32)12-8-21/h5-12,14-16,18,25H,4,13,17H2,1-3H3,(H,34,36)(H,35,37)/b33-16+. The molecule has 3 aromatic rings. The maximum atomic E-state index is 12.9. The average Bonchev–Trinajstić information content (AvgIpc) is 2.89. The first kappa shape index (κ1) is 30.7. The van der Waals surface area contributed by atoms with Crippen LogP contribution in [0.25, 0.3) is 0 Å². The quantitative estimate of drug-likeness (QED) is 0.157. The maximum absolute atomic E-state index is 12.9. The van der Waals surface area contributed by atoms with Crippen LogP contribution in [0.3, 0.4) is 0 Å². The molecule has 0 aliphatic carbocycles. The highest BCUT2D eigenvalue weighted by Crippen LogP contribution is 2.37. The molecule has 0 bridgehead atoms. The summed E-state index contributed by atoms with van der Waals surface area (Å²) in [6.45, 7) is 6.66. The van der Waals surface area contributed by atoms with Gasteiger partial charge in [0, 0.05) is 15.1 Å². The summed E-state index contributed by atoms with van der Waals surface area (Å²) >= 11 is 12.9. The second kappa shape index (κ2) is 15.1. The van der Waals surface area contributed by atoms with Gasteiger partial charge in [-0.1, -0.05) is 53.5 Å². The molecule has 1 atom stereocenters. The van der Waals surface area contributed by atoms with E-state index in [9.17, 15) is 9.59 Å². The summed E-state index contributed by atoms with van der Waals surface area (Å²) in [6, 6.07) is 17.2. The van der Waals surface area contributed by atoms with Crippen LogP contribution >= 0.6 is 43.5 Å². The van der Waals surface area contributed by atoms with Crippen LogP contribution in [0.2, 0.25) is 5.02 Å². The Labute approximate surface area is 250 Å². The van der Waals surface area contributed by atoms with Crippen LogP contribution in [0, 0.1) is 5.92 Å². The monoisotopic (exact) mass is 677 g/mol. The molecule has 7 nitrogen and oxygen atoms in total. The van der Waals surface area contributed by atoms with Gasteiger partial charge >= 0.3 is 0 Å². The van der Waals surface area contributed by atoms with Gasteiger partial charge in [0.15, 0.2) is 11.5 Å². The molecular weight excluding hydrogens is 650 g/mol. The fourth-order valence-corrected chi connectivity index (χ4v) is 4.56. The molecule has 0 radical (unpaired) electrons. The van der Waals surface area contributed by atoms with Crippen molar-refractivity contribution >= 4 is 61.5 Å². The first-order valence-corrected chi connectivity index (χ1v) is 14.4. The molecule has 0 aromatic heterocycles. The van der Waals surface area contributed by atoms with Gasteiger partial charge in [-0.3, -0.25) is 9.59 Å². The highest BCUT2D eigenvalue weighted by atomic mass is 79.9. The molecule has 1 unspecified atom stereocenters. The highest BCUT2D eigenvalue weighted by molar-refractivity contribution is 9.10. The largest absolute Gasteiger partial charge is 0.490 e. The number of hydrazone groups is 1. The van der Waals surface area contributed by atoms with Gasteiger partial charge in [-0.25, -0.2) is 5.43 Å². The number of amides is 2.